The maximum atomic E-state index is 14.1. The highest BCUT2D eigenvalue weighted by molar-refractivity contribution is 5.99. The second kappa shape index (κ2) is 8.74. The number of hydrogen-bond donors (Lipinski definition) is 3. The molecule has 0 spiro atoms. The van der Waals surface area contributed by atoms with Crippen LogP contribution in [0, 0.1) is 16.6 Å². The van der Waals surface area contributed by atoms with Crippen LogP contribution in [0.25, 0.3) is 0 Å². The average molecular weight is 392 g/mol. The van der Waals surface area contributed by atoms with Gasteiger partial charge in [-0.1, -0.05) is 0 Å². The van der Waals surface area contributed by atoms with Crippen molar-refractivity contribution in [3.05, 3.63) is 23.5 Å². The van der Waals surface area contributed by atoms with Gasteiger partial charge in [0, 0.05) is 51.4 Å². The Morgan fingerprint density at radius 2 is 1.75 bits per heavy atom. The summed E-state index contributed by atoms with van der Waals surface area (Å²) in [6.07, 6.45) is 1.90. The number of likely N-dealkylation sites (N-methyl/N-ethyl adjacent to an activating group) is 1. The van der Waals surface area contributed by atoms with Gasteiger partial charge in [-0.3, -0.25) is 15.7 Å². The van der Waals surface area contributed by atoms with Gasteiger partial charge in [0.2, 0.25) is 5.90 Å². The molecule has 4 N–H and O–H groups in total. The fraction of sp³-hybridized carbons (Fsp3) is 0.579. The molecule has 2 heterocycles. The predicted molar refractivity (Wildman–Crippen MR) is 107 cm³/mol. The van der Waals surface area contributed by atoms with Crippen LogP contribution in [0.2, 0.25) is 0 Å². The molecule has 1 aromatic carbocycles. The largest absolute Gasteiger partial charge is 0.495 e. The van der Waals surface area contributed by atoms with Crippen molar-refractivity contribution < 1.29 is 13.9 Å². The number of halogens is 1. The Morgan fingerprint density at radius 3 is 2.36 bits per heavy atom. The molecule has 0 atom stereocenters. The first kappa shape index (κ1) is 20.3. The van der Waals surface area contributed by atoms with Gasteiger partial charge in [-0.25, -0.2) is 4.39 Å². The van der Waals surface area contributed by atoms with Crippen LogP contribution in [0.15, 0.2) is 12.1 Å². The molecular weight excluding hydrogens is 363 g/mol. The molecule has 0 saturated carbocycles. The summed E-state index contributed by atoms with van der Waals surface area (Å²) in [4.78, 5) is 6.67. The van der Waals surface area contributed by atoms with E-state index in [4.69, 9.17) is 26.0 Å². The van der Waals surface area contributed by atoms with Crippen molar-refractivity contribution >= 4 is 17.6 Å². The number of benzene rings is 1. The van der Waals surface area contributed by atoms with Crippen LogP contribution in [-0.2, 0) is 4.74 Å². The van der Waals surface area contributed by atoms with Crippen molar-refractivity contribution in [3.63, 3.8) is 0 Å². The summed E-state index contributed by atoms with van der Waals surface area (Å²) in [6, 6.07) is 2.81. The van der Waals surface area contributed by atoms with Crippen LogP contribution in [0.5, 0.6) is 5.75 Å². The normalized spacial score (nSPS) is 19.5. The number of amidine groups is 1. The van der Waals surface area contributed by atoms with Gasteiger partial charge in [0.25, 0.3) is 6.02 Å². The number of hydrogen-bond acceptors (Lipinski definition) is 7. The number of anilines is 1. The highest BCUT2D eigenvalue weighted by atomic mass is 19.1. The molecule has 28 heavy (non-hydrogen) atoms. The highest BCUT2D eigenvalue weighted by Crippen LogP contribution is 2.26. The summed E-state index contributed by atoms with van der Waals surface area (Å²) in [7, 11) is 3.57. The average Bonchev–Trinajstić information content (AvgIpc) is 2.68. The smallest absolute Gasteiger partial charge is 0.291 e. The van der Waals surface area contributed by atoms with E-state index in [9.17, 15) is 4.39 Å². The summed E-state index contributed by atoms with van der Waals surface area (Å²) in [6.45, 7) is 5.73. The minimum Gasteiger partial charge on any atom is -0.495 e. The molecule has 3 rings (SSSR count). The Morgan fingerprint density at radius 1 is 1.11 bits per heavy atom. The number of nitrogens with two attached hydrogens (primary N) is 1. The number of nitrogens with one attached hydrogen (secondary N) is 2. The Labute approximate surface area is 165 Å². The van der Waals surface area contributed by atoms with E-state index in [1.54, 1.807) is 4.90 Å². The summed E-state index contributed by atoms with van der Waals surface area (Å²) in [5, 5.41) is 16.2. The number of nitrogen functional groups attached to an aromatic ring is 1. The zero-order chi connectivity index (χ0) is 20.3. The first-order valence-electron chi connectivity index (χ1n) is 9.55. The van der Waals surface area contributed by atoms with Gasteiger partial charge in [0.1, 0.15) is 11.6 Å². The first-order valence-corrected chi connectivity index (χ1v) is 9.55. The maximum absolute atomic E-state index is 14.1. The zero-order valence-corrected chi connectivity index (χ0v) is 16.5. The van der Waals surface area contributed by atoms with E-state index in [-0.39, 0.29) is 23.0 Å². The number of nitrogens with zero attached hydrogens (tertiary/aromatic N) is 3. The third kappa shape index (κ3) is 4.53. The molecular formula is C19H29FN6O2. The molecule has 154 valence electrons. The number of piperidine rings is 1. The summed E-state index contributed by atoms with van der Waals surface area (Å²) in [5.41, 5.74) is 5.74. The van der Waals surface area contributed by atoms with Gasteiger partial charge in [0.15, 0.2) is 0 Å². The van der Waals surface area contributed by atoms with Crippen molar-refractivity contribution in [1.29, 1.82) is 10.8 Å². The second-order valence-electron chi connectivity index (χ2n) is 7.37. The minimum absolute atomic E-state index is 0.0804. The minimum atomic E-state index is -0.676. The van der Waals surface area contributed by atoms with Gasteiger partial charge in [-0.05, 0) is 26.0 Å². The standard InChI is InChI=1S/C19H29FN6O2/c1-24-7-9-25(10-8-24)13-3-5-26(6-4-13)19(23)28-18(22)14-11-17(27-2)16(21)12-15(14)20/h11-13,22-23H,3-10,21H2,1-2H3. The maximum Gasteiger partial charge on any atom is 0.291 e. The molecule has 0 aromatic heterocycles. The number of rotatable bonds is 3. The molecule has 2 saturated heterocycles. The fourth-order valence-electron chi connectivity index (χ4n) is 3.76. The molecule has 0 bridgehead atoms. The third-order valence-corrected chi connectivity index (χ3v) is 5.57. The van der Waals surface area contributed by atoms with Crippen molar-refractivity contribution in [2.24, 2.45) is 0 Å². The fourth-order valence-corrected chi connectivity index (χ4v) is 3.76. The summed E-state index contributed by atoms with van der Waals surface area (Å²) >= 11 is 0. The molecule has 2 aliphatic rings. The lowest BCUT2D eigenvalue weighted by molar-refractivity contribution is 0.0786. The van der Waals surface area contributed by atoms with E-state index in [1.807, 2.05) is 0 Å². The van der Waals surface area contributed by atoms with Crippen LogP contribution in [0.1, 0.15) is 18.4 Å². The van der Waals surface area contributed by atoms with Crippen molar-refractivity contribution in [2.45, 2.75) is 18.9 Å². The van der Waals surface area contributed by atoms with E-state index >= 15 is 0 Å². The van der Waals surface area contributed by atoms with Gasteiger partial charge >= 0.3 is 0 Å². The van der Waals surface area contributed by atoms with Crippen molar-refractivity contribution in [2.75, 3.05) is 59.2 Å². The van der Waals surface area contributed by atoms with Gasteiger partial charge < -0.3 is 25.0 Å². The van der Waals surface area contributed by atoms with E-state index in [1.165, 1.54) is 13.2 Å². The van der Waals surface area contributed by atoms with E-state index in [2.05, 4.69) is 16.8 Å². The molecule has 9 heteroatoms. The first-order chi connectivity index (χ1) is 13.4. The van der Waals surface area contributed by atoms with Crippen molar-refractivity contribution in [1.82, 2.24) is 14.7 Å². The lowest BCUT2D eigenvalue weighted by atomic mass is 10.0. The third-order valence-electron chi connectivity index (χ3n) is 5.57. The molecule has 8 nitrogen and oxygen atoms in total. The Kier molecular flexibility index (Phi) is 6.35. The Hall–Kier alpha value is -2.39. The zero-order valence-electron chi connectivity index (χ0n) is 16.5. The number of ether oxygens (including phenoxy) is 2. The Balaban J connectivity index is 1.54. The van der Waals surface area contributed by atoms with Crippen LogP contribution in [-0.4, -0.2) is 86.1 Å². The summed E-state index contributed by atoms with van der Waals surface area (Å²) in [5.74, 6) is -0.837. The highest BCUT2D eigenvalue weighted by Gasteiger charge is 2.28. The molecule has 1 aromatic rings. The van der Waals surface area contributed by atoms with Crippen LogP contribution in [0.4, 0.5) is 10.1 Å². The van der Waals surface area contributed by atoms with E-state index in [0.717, 1.165) is 45.1 Å². The lowest BCUT2D eigenvalue weighted by Gasteiger charge is -2.42. The van der Waals surface area contributed by atoms with Gasteiger partial charge in [-0.15, -0.1) is 0 Å². The molecule has 0 radical (unpaired) electrons. The SMILES string of the molecule is COc1cc(C(=N)OC(=N)N2CCC(N3CCN(C)CC3)CC2)c(F)cc1N. The molecule has 0 amide bonds. The number of methoxy groups -OCH3 is 1. The second-order valence-corrected chi connectivity index (χ2v) is 7.37. The topological polar surface area (TPSA) is 102 Å². The predicted octanol–water partition coefficient (Wildman–Crippen LogP) is 1.41. The monoisotopic (exact) mass is 392 g/mol. The molecule has 2 aliphatic heterocycles. The molecule has 2 fully saturated rings. The van der Waals surface area contributed by atoms with Gasteiger partial charge in [0.05, 0.1) is 18.4 Å². The Bertz CT molecular complexity index is 727. The van der Waals surface area contributed by atoms with Crippen LogP contribution in [0.3, 0.4) is 0 Å². The van der Waals surface area contributed by atoms with E-state index < -0.39 is 11.7 Å². The van der Waals surface area contributed by atoms with Crippen LogP contribution >= 0.6 is 0 Å². The molecule has 0 aliphatic carbocycles. The quantitative estimate of drug-likeness (QED) is 0.408. The van der Waals surface area contributed by atoms with E-state index in [0.29, 0.717) is 19.1 Å². The molecule has 0 unspecified atom stereocenters. The van der Waals surface area contributed by atoms with Crippen molar-refractivity contribution in [3.8, 4) is 5.75 Å². The number of likely N-dealkylation sites (tertiary alicyclic amines) is 1. The lowest BCUT2D eigenvalue weighted by Crippen LogP contribution is -2.53. The number of piperazine rings is 1. The van der Waals surface area contributed by atoms with Gasteiger partial charge in [-0.2, -0.15) is 0 Å². The van der Waals surface area contributed by atoms with Crippen LogP contribution < -0.4 is 10.5 Å². The summed E-state index contributed by atoms with van der Waals surface area (Å²) < 4.78 is 24.5.